The molecule has 0 fully saturated rings. The van der Waals surface area contributed by atoms with Crippen molar-refractivity contribution in [2.24, 2.45) is 0 Å². The van der Waals surface area contributed by atoms with E-state index in [0.29, 0.717) is 12.5 Å². The second kappa shape index (κ2) is 7.36. The van der Waals surface area contributed by atoms with Gasteiger partial charge in [0.05, 0.1) is 17.8 Å². The molecule has 1 atom stereocenters. The van der Waals surface area contributed by atoms with Crippen LogP contribution in [0.25, 0.3) is 0 Å². The average molecular weight is 287 g/mol. The lowest BCUT2D eigenvalue weighted by Gasteiger charge is -2.14. The van der Waals surface area contributed by atoms with Gasteiger partial charge in [0, 0.05) is 25.0 Å². The number of hydrogen-bond acceptors (Lipinski definition) is 3. The van der Waals surface area contributed by atoms with E-state index in [4.69, 9.17) is 0 Å². The molecule has 2 rings (SSSR count). The Morgan fingerprint density at radius 2 is 1.95 bits per heavy atom. The Bertz CT molecular complexity index is 561. The molecule has 2 heterocycles. The van der Waals surface area contributed by atoms with Crippen LogP contribution in [-0.2, 0) is 12.8 Å². The Hall–Kier alpha value is -1.68. The SMILES string of the molecule is CCc1cnccc1C(O)Cc1ccn(C(CC)CC)n1. The predicted octanol–water partition coefficient (Wildman–Crippen LogP) is 3.48. The first-order chi connectivity index (χ1) is 10.2. The van der Waals surface area contributed by atoms with E-state index in [2.05, 4.69) is 30.9 Å². The van der Waals surface area contributed by atoms with Crippen LogP contribution >= 0.6 is 0 Å². The van der Waals surface area contributed by atoms with Gasteiger partial charge in [-0.25, -0.2) is 0 Å². The average Bonchev–Trinajstić information content (AvgIpc) is 2.96. The zero-order valence-corrected chi connectivity index (χ0v) is 13.2. The highest BCUT2D eigenvalue weighted by molar-refractivity contribution is 5.26. The Labute approximate surface area is 126 Å². The summed E-state index contributed by atoms with van der Waals surface area (Å²) in [4.78, 5) is 4.12. The first-order valence-electron chi connectivity index (χ1n) is 7.84. The molecule has 0 aliphatic rings. The van der Waals surface area contributed by atoms with Crippen molar-refractivity contribution in [2.75, 3.05) is 0 Å². The lowest BCUT2D eigenvalue weighted by atomic mass is 10.00. The van der Waals surface area contributed by atoms with Crippen molar-refractivity contribution in [3.05, 3.63) is 47.5 Å². The first kappa shape index (κ1) is 15.7. The van der Waals surface area contributed by atoms with E-state index in [9.17, 15) is 5.11 Å². The molecular weight excluding hydrogens is 262 g/mol. The Kier molecular flexibility index (Phi) is 5.51. The highest BCUT2D eigenvalue weighted by Gasteiger charge is 2.15. The van der Waals surface area contributed by atoms with Gasteiger partial charge in [-0.15, -0.1) is 0 Å². The number of hydrogen-bond donors (Lipinski definition) is 1. The smallest absolute Gasteiger partial charge is 0.0849 e. The number of rotatable bonds is 7. The van der Waals surface area contributed by atoms with E-state index < -0.39 is 6.10 Å². The summed E-state index contributed by atoms with van der Waals surface area (Å²) >= 11 is 0. The Balaban J connectivity index is 2.11. The third-order valence-electron chi connectivity index (χ3n) is 4.06. The first-order valence-corrected chi connectivity index (χ1v) is 7.84. The maximum atomic E-state index is 10.5. The molecule has 0 aromatic carbocycles. The fourth-order valence-electron chi connectivity index (χ4n) is 2.72. The summed E-state index contributed by atoms with van der Waals surface area (Å²) in [5.41, 5.74) is 3.00. The molecule has 4 nitrogen and oxygen atoms in total. The van der Waals surface area contributed by atoms with Crippen molar-refractivity contribution >= 4 is 0 Å². The van der Waals surface area contributed by atoms with Crippen LogP contribution in [-0.4, -0.2) is 19.9 Å². The number of aliphatic hydroxyl groups is 1. The summed E-state index contributed by atoms with van der Waals surface area (Å²) in [6.45, 7) is 6.43. The summed E-state index contributed by atoms with van der Waals surface area (Å²) in [5, 5.41) is 15.1. The van der Waals surface area contributed by atoms with Crippen molar-refractivity contribution in [3.63, 3.8) is 0 Å². The quantitative estimate of drug-likeness (QED) is 0.848. The monoisotopic (exact) mass is 287 g/mol. The number of pyridine rings is 1. The molecule has 1 N–H and O–H groups in total. The highest BCUT2D eigenvalue weighted by atomic mass is 16.3. The van der Waals surface area contributed by atoms with Crippen LogP contribution in [0, 0.1) is 0 Å². The molecule has 0 spiro atoms. The second-order valence-electron chi connectivity index (χ2n) is 5.41. The molecule has 0 aliphatic heterocycles. The molecular formula is C17H25N3O. The van der Waals surface area contributed by atoms with Gasteiger partial charge in [-0.3, -0.25) is 9.67 Å². The van der Waals surface area contributed by atoms with Crippen molar-refractivity contribution < 1.29 is 5.11 Å². The van der Waals surface area contributed by atoms with E-state index >= 15 is 0 Å². The zero-order valence-electron chi connectivity index (χ0n) is 13.2. The normalized spacial score (nSPS) is 12.8. The molecule has 2 aromatic heterocycles. The van der Waals surface area contributed by atoms with Gasteiger partial charge in [0.1, 0.15) is 0 Å². The minimum absolute atomic E-state index is 0.447. The topological polar surface area (TPSA) is 50.9 Å². The van der Waals surface area contributed by atoms with Crippen molar-refractivity contribution in [3.8, 4) is 0 Å². The fourth-order valence-corrected chi connectivity index (χ4v) is 2.72. The fraction of sp³-hybridized carbons (Fsp3) is 0.529. The van der Waals surface area contributed by atoms with Crippen molar-refractivity contribution in [2.45, 2.75) is 58.6 Å². The predicted molar refractivity (Wildman–Crippen MR) is 84.1 cm³/mol. The molecule has 0 saturated heterocycles. The molecule has 2 aromatic rings. The minimum Gasteiger partial charge on any atom is -0.388 e. The number of aryl methyl sites for hydroxylation is 1. The standard InChI is InChI=1S/C17H25N3O/c1-4-13-12-18-9-7-16(13)17(21)11-14-8-10-20(19-14)15(5-2)6-3/h7-10,12,15,17,21H,4-6,11H2,1-3H3. The van der Waals surface area contributed by atoms with Crippen molar-refractivity contribution in [1.29, 1.82) is 0 Å². The van der Waals surface area contributed by atoms with Crippen LogP contribution < -0.4 is 0 Å². The highest BCUT2D eigenvalue weighted by Crippen LogP contribution is 2.22. The van der Waals surface area contributed by atoms with Crippen LogP contribution in [0.15, 0.2) is 30.7 Å². The molecule has 0 radical (unpaired) electrons. The van der Waals surface area contributed by atoms with Crippen LogP contribution in [0.3, 0.4) is 0 Å². The summed E-state index contributed by atoms with van der Waals surface area (Å²) in [6, 6.07) is 4.36. The Morgan fingerprint density at radius 1 is 1.19 bits per heavy atom. The summed E-state index contributed by atoms with van der Waals surface area (Å²) in [7, 11) is 0. The van der Waals surface area contributed by atoms with Crippen molar-refractivity contribution in [1.82, 2.24) is 14.8 Å². The van der Waals surface area contributed by atoms with Gasteiger partial charge >= 0.3 is 0 Å². The lowest BCUT2D eigenvalue weighted by molar-refractivity contribution is 0.175. The van der Waals surface area contributed by atoms with E-state index in [1.54, 1.807) is 6.20 Å². The molecule has 0 amide bonds. The largest absolute Gasteiger partial charge is 0.388 e. The lowest BCUT2D eigenvalue weighted by Crippen LogP contribution is -2.10. The molecule has 0 aliphatic carbocycles. The maximum absolute atomic E-state index is 10.5. The van der Waals surface area contributed by atoms with Crippen LogP contribution in [0.2, 0.25) is 0 Å². The summed E-state index contributed by atoms with van der Waals surface area (Å²) < 4.78 is 2.02. The third kappa shape index (κ3) is 3.70. The van der Waals surface area contributed by atoms with Crippen LogP contribution in [0.1, 0.15) is 62.6 Å². The minimum atomic E-state index is -0.520. The molecule has 0 saturated carbocycles. The molecule has 114 valence electrons. The molecule has 0 bridgehead atoms. The zero-order chi connectivity index (χ0) is 15.2. The number of nitrogens with zero attached hydrogens (tertiary/aromatic N) is 3. The number of aromatic nitrogens is 3. The van der Waals surface area contributed by atoms with Crippen LogP contribution in [0.5, 0.6) is 0 Å². The van der Waals surface area contributed by atoms with Gasteiger partial charge in [-0.2, -0.15) is 5.10 Å². The van der Waals surface area contributed by atoms with Gasteiger partial charge in [0.15, 0.2) is 0 Å². The van der Waals surface area contributed by atoms with E-state index in [-0.39, 0.29) is 0 Å². The number of aliphatic hydroxyl groups excluding tert-OH is 1. The van der Waals surface area contributed by atoms with Gasteiger partial charge < -0.3 is 5.11 Å². The third-order valence-corrected chi connectivity index (χ3v) is 4.06. The van der Waals surface area contributed by atoms with E-state index in [1.807, 2.05) is 29.2 Å². The van der Waals surface area contributed by atoms with Gasteiger partial charge in [-0.1, -0.05) is 20.8 Å². The van der Waals surface area contributed by atoms with Gasteiger partial charge in [0.25, 0.3) is 0 Å². The molecule has 4 heteroatoms. The van der Waals surface area contributed by atoms with Gasteiger partial charge in [-0.05, 0) is 42.5 Å². The summed E-state index contributed by atoms with van der Waals surface area (Å²) in [6.07, 6.45) is 8.64. The maximum Gasteiger partial charge on any atom is 0.0849 e. The molecule has 21 heavy (non-hydrogen) atoms. The Morgan fingerprint density at radius 3 is 2.62 bits per heavy atom. The summed E-state index contributed by atoms with van der Waals surface area (Å²) in [5.74, 6) is 0. The van der Waals surface area contributed by atoms with Gasteiger partial charge in [0.2, 0.25) is 0 Å². The van der Waals surface area contributed by atoms with E-state index in [0.717, 1.165) is 36.1 Å². The second-order valence-corrected chi connectivity index (χ2v) is 5.41. The van der Waals surface area contributed by atoms with E-state index in [1.165, 1.54) is 0 Å². The molecule has 1 unspecified atom stereocenters. The van der Waals surface area contributed by atoms with Crippen LogP contribution in [0.4, 0.5) is 0 Å².